The zero-order valence-corrected chi connectivity index (χ0v) is 15.2. The Morgan fingerprint density at radius 1 is 1.07 bits per heavy atom. The van der Waals surface area contributed by atoms with E-state index < -0.39 is 0 Å². The molecular weight excluding hydrogens is 362 g/mol. The van der Waals surface area contributed by atoms with Crippen molar-refractivity contribution in [1.82, 2.24) is 15.1 Å². The van der Waals surface area contributed by atoms with Crippen LogP contribution in [0.2, 0.25) is 0 Å². The predicted octanol–water partition coefficient (Wildman–Crippen LogP) is 3.87. The van der Waals surface area contributed by atoms with Crippen LogP contribution in [-0.4, -0.2) is 28.8 Å². The van der Waals surface area contributed by atoms with Crippen molar-refractivity contribution in [2.24, 2.45) is 0 Å². The van der Waals surface area contributed by atoms with Crippen LogP contribution in [0.15, 0.2) is 54.7 Å². The van der Waals surface area contributed by atoms with Crippen molar-refractivity contribution in [3.8, 4) is 5.69 Å². The standard InChI is InChI=1S/C21H20F2N4O/c22-15-4-6-17(7-5-15)26-21(28)19-13-25-27(18-3-1-2-16(23)12-18)20(19)14-8-10-24-11-9-14/h1-7,12-14,24H,8-11H2,(H,26,28). The van der Waals surface area contributed by atoms with Crippen molar-refractivity contribution in [3.05, 3.63) is 77.6 Å². The molecule has 0 aliphatic carbocycles. The van der Waals surface area contributed by atoms with E-state index in [0.717, 1.165) is 31.6 Å². The molecule has 1 aliphatic heterocycles. The fourth-order valence-electron chi connectivity index (χ4n) is 3.57. The Labute approximate surface area is 161 Å². The third-order valence-electron chi connectivity index (χ3n) is 4.93. The molecule has 1 saturated heterocycles. The number of hydrogen-bond acceptors (Lipinski definition) is 3. The number of halogens is 2. The maximum Gasteiger partial charge on any atom is 0.259 e. The number of rotatable bonds is 4. The molecule has 5 nitrogen and oxygen atoms in total. The van der Waals surface area contributed by atoms with Crippen molar-refractivity contribution in [2.45, 2.75) is 18.8 Å². The molecule has 1 aliphatic rings. The van der Waals surface area contributed by atoms with Crippen molar-refractivity contribution in [3.63, 3.8) is 0 Å². The Balaban J connectivity index is 1.71. The lowest BCUT2D eigenvalue weighted by Gasteiger charge is -2.24. The van der Waals surface area contributed by atoms with Gasteiger partial charge in [0.2, 0.25) is 0 Å². The summed E-state index contributed by atoms with van der Waals surface area (Å²) in [5.41, 5.74) is 2.29. The Bertz CT molecular complexity index is 978. The van der Waals surface area contributed by atoms with Gasteiger partial charge in [0.05, 0.1) is 23.1 Å². The molecule has 1 fully saturated rings. The number of piperidine rings is 1. The maximum absolute atomic E-state index is 13.8. The summed E-state index contributed by atoms with van der Waals surface area (Å²) in [7, 11) is 0. The van der Waals surface area contributed by atoms with E-state index in [4.69, 9.17) is 0 Å². The minimum atomic E-state index is -0.368. The van der Waals surface area contributed by atoms with E-state index in [-0.39, 0.29) is 23.5 Å². The van der Waals surface area contributed by atoms with Crippen molar-refractivity contribution in [1.29, 1.82) is 0 Å². The van der Waals surface area contributed by atoms with Crippen LogP contribution in [0.5, 0.6) is 0 Å². The van der Waals surface area contributed by atoms with Gasteiger partial charge < -0.3 is 10.6 Å². The van der Waals surface area contributed by atoms with Crippen molar-refractivity contribution < 1.29 is 13.6 Å². The van der Waals surface area contributed by atoms with Gasteiger partial charge in [-0.3, -0.25) is 4.79 Å². The number of benzene rings is 2. The molecule has 144 valence electrons. The van der Waals surface area contributed by atoms with Crippen molar-refractivity contribution >= 4 is 11.6 Å². The molecule has 0 bridgehead atoms. The largest absolute Gasteiger partial charge is 0.322 e. The Kier molecular flexibility index (Phi) is 5.16. The first kappa shape index (κ1) is 18.3. The first-order valence-electron chi connectivity index (χ1n) is 9.23. The van der Waals surface area contributed by atoms with Gasteiger partial charge >= 0.3 is 0 Å². The molecule has 2 heterocycles. The number of aromatic nitrogens is 2. The third-order valence-corrected chi connectivity index (χ3v) is 4.93. The zero-order chi connectivity index (χ0) is 19.5. The minimum absolute atomic E-state index is 0.126. The summed E-state index contributed by atoms with van der Waals surface area (Å²) < 4.78 is 28.5. The average molecular weight is 382 g/mol. The number of nitrogens with one attached hydrogen (secondary N) is 2. The molecule has 2 aromatic carbocycles. The van der Waals surface area contributed by atoms with E-state index in [1.807, 2.05) is 0 Å². The number of nitrogens with zero attached hydrogens (tertiary/aromatic N) is 2. The zero-order valence-electron chi connectivity index (χ0n) is 15.2. The molecule has 0 spiro atoms. The lowest BCUT2D eigenvalue weighted by atomic mass is 9.91. The van der Waals surface area contributed by atoms with Crippen LogP contribution in [-0.2, 0) is 0 Å². The number of carbonyl (C=O) groups excluding carboxylic acids is 1. The number of carbonyl (C=O) groups is 1. The molecule has 7 heteroatoms. The van der Waals surface area contributed by atoms with Crippen LogP contribution in [0.25, 0.3) is 5.69 Å². The predicted molar refractivity (Wildman–Crippen MR) is 103 cm³/mol. The van der Waals surface area contributed by atoms with Crippen LogP contribution in [0, 0.1) is 11.6 Å². The topological polar surface area (TPSA) is 59.0 Å². The maximum atomic E-state index is 13.8. The van der Waals surface area contributed by atoms with Crippen molar-refractivity contribution in [2.75, 3.05) is 18.4 Å². The van der Waals surface area contributed by atoms with E-state index >= 15 is 0 Å². The first-order chi connectivity index (χ1) is 13.6. The highest BCUT2D eigenvalue weighted by Crippen LogP contribution is 2.30. The molecule has 0 atom stereocenters. The lowest BCUT2D eigenvalue weighted by molar-refractivity contribution is 0.102. The molecular formula is C21H20F2N4O. The van der Waals surface area contributed by atoms with E-state index in [1.165, 1.54) is 42.6 Å². The van der Waals surface area contributed by atoms with E-state index in [0.29, 0.717) is 16.9 Å². The Hall–Kier alpha value is -3.06. The first-order valence-corrected chi connectivity index (χ1v) is 9.23. The molecule has 0 saturated carbocycles. The van der Waals surface area contributed by atoms with E-state index in [9.17, 15) is 13.6 Å². The van der Waals surface area contributed by atoms with E-state index in [1.54, 1.807) is 16.8 Å². The summed E-state index contributed by atoms with van der Waals surface area (Å²) >= 11 is 0. The number of anilines is 1. The quantitative estimate of drug-likeness (QED) is 0.720. The summed E-state index contributed by atoms with van der Waals surface area (Å²) in [4.78, 5) is 12.9. The van der Waals surface area contributed by atoms with Gasteiger partial charge in [-0.05, 0) is 68.4 Å². The van der Waals surface area contributed by atoms with E-state index in [2.05, 4.69) is 15.7 Å². The molecule has 1 aromatic heterocycles. The third kappa shape index (κ3) is 3.80. The second-order valence-electron chi connectivity index (χ2n) is 6.82. The fourth-order valence-corrected chi connectivity index (χ4v) is 3.57. The summed E-state index contributed by atoms with van der Waals surface area (Å²) in [5, 5.41) is 10.5. The summed E-state index contributed by atoms with van der Waals surface area (Å²) in [5.74, 6) is -0.919. The SMILES string of the molecule is O=C(Nc1ccc(F)cc1)c1cnn(-c2cccc(F)c2)c1C1CCNCC1. The van der Waals surface area contributed by atoms with Crippen LogP contribution in [0.4, 0.5) is 14.5 Å². The van der Waals surface area contributed by atoms with Crippen LogP contribution < -0.4 is 10.6 Å². The van der Waals surface area contributed by atoms with Gasteiger partial charge in [0, 0.05) is 11.6 Å². The second-order valence-corrected chi connectivity index (χ2v) is 6.82. The van der Waals surface area contributed by atoms with Gasteiger partial charge in [-0.25, -0.2) is 13.5 Å². The van der Waals surface area contributed by atoms with Crippen LogP contribution in [0.3, 0.4) is 0 Å². The smallest absolute Gasteiger partial charge is 0.259 e. The molecule has 3 aromatic rings. The molecule has 0 radical (unpaired) electrons. The number of amides is 1. The fraction of sp³-hybridized carbons (Fsp3) is 0.238. The molecule has 28 heavy (non-hydrogen) atoms. The molecule has 2 N–H and O–H groups in total. The van der Waals surface area contributed by atoms with Gasteiger partial charge in [-0.1, -0.05) is 6.07 Å². The summed E-state index contributed by atoms with van der Waals surface area (Å²) in [6.45, 7) is 1.69. The highest BCUT2D eigenvalue weighted by atomic mass is 19.1. The summed E-state index contributed by atoms with van der Waals surface area (Å²) in [6.07, 6.45) is 3.23. The van der Waals surface area contributed by atoms with Crippen LogP contribution in [0.1, 0.15) is 34.8 Å². The van der Waals surface area contributed by atoms with Gasteiger partial charge in [0.15, 0.2) is 0 Å². The highest BCUT2D eigenvalue weighted by molar-refractivity contribution is 6.05. The minimum Gasteiger partial charge on any atom is -0.322 e. The Morgan fingerprint density at radius 2 is 1.82 bits per heavy atom. The van der Waals surface area contributed by atoms with Gasteiger partial charge in [-0.15, -0.1) is 0 Å². The van der Waals surface area contributed by atoms with Crippen LogP contribution >= 0.6 is 0 Å². The highest BCUT2D eigenvalue weighted by Gasteiger charge is 2.27. The summed E-state index contributed by atoms with van der Waals surface area (Å²) in [6, 6.07) is 11.8. The Morgan fingerprint density at radius 3 is 2.54 bits per heavy atom. The lowest BCUT2D eigenvalue weighted by Crippen LogP contribution is -2.29. The normalized spacial score (nSPS) is 14.8. The average Bonchev–Trinajstić information content (AvgIpc) is 3.16. The second kappa shape index (κ2) is 7.90. The molecule has 0 unspecified atom stereocenters. The van der Waals surface area contributed by atoms with Gasteiger partial charge in [-0.2, -0.15) is 5.10 Å². The van der Waals surface area contributed by atoms with Gasteiger partial charge in [0.25, 0.3) is 5.91 Å². The molecule has 1 amide bonds. The number of hydrogen-bond donors (Lipinski definition) is 2. The van der Waals surface area contributed by atoms with Gasteiger partial charge in [0.1, 0.15) is 11.6 Å². The molecule has 4 rings (SSSR count). The monoisotopic (exact) mass is 382 g/mol.